The molecule has 2 aliphatic rings. The van der Waals surface area contributed by atoms with Crippen LogP contribution in [-0.4, -0.2) is 40.9 Å². The molecule has 1 aromatic carbocycles. The van der Waals surface area contributed by atoms with Gasteiger partial charge in [0.2, 0.25) is 0 Å². The van der Waals surface area contributed by atoms with Crippen molar-refractivity contribution < 1.29 is 9.72 Å². The molecule has 0 radical (unpaired) electrons. The van der Waals surface area contributed by atoms with Crippen LogP contribution in [0.25, 0.3) is 0 Å². The molecule has 2 aliphatic heterocycles. The predicted molar refractivity (Wildman–Crippen MR) is 89.8 cm³/mol. The SMILES string of the molecule is CN(C(=O)c1cc([N+](=O)[O-])ccc1N)C1CC2CCC(C1)N2.Cl. The summed E-state index contributed by atoms with van der Waals surface area (Å²) in [5.41, 5.74) is 6.22. The average Bonchev–Trinajstić information content (AvgIpc) is 2.84. The number of rotatable bonds is 3. The van der Waals surface area contributed by atoms with E-state index in [2.05, 4.69) is 5.32 Å². The number of carbonyl (C=O) groups is 1. The Bertz CT molecular complexity index is 613. The van der Waals surface area contributed by atoms with E-state index < -0.39 is 4.92 Å². The lowest BCUT2D eigenvalue weighted by Crippen LogP contribution is -2.48. The minimum Gasteiger partial charge on any atom is -0.398 e. The molecule has 2 heterocycles. The summed E-state index contributed by atoms with van der Waals surface area (Å²) in [7, 11) is 1.76. The Balaban J connectivity index is 0.00000192. The normalized spacial score (nSPS) is 25.5. The van der Waals surface area contributed by atoms with Gasteiger partial charge in [-0.3, -0.25) is 14.9 Å². The molecule has 2 saturated heterocycles. The Labute approximate surface area is 140 Å². The van der Waals surface area contributed by atoms with Crippen LogP contribution in [0.3, 0.4) is 0 Å². The Morgan fingerprint density at radius 2 is 1.96 bits per heavy atom. The van der Waals surface area contributed by atoms with Crippen molar-refractivity contribution in [1.29, 1.82) is 0 Å². The molecule has 0 aliphatic carbocycles. The molecule has 2 bridgehead atoms. The third kappa shape index (κ3) is 3.40. The lowest BCUT2D eigenvalue weighted by molar-refractivity contribution is -0.384. The zero-order chi connectivity index (χ0) is 15.9. The number of nitrogen functional groups attached to an aromatic ring is 1. The van der Waals surface area contributed by atoms with Gasteiger partial charge in [0.05, 0.1) is 10.5 Å². The standard InChI is InChI=1S/C15H20N4O3.ClH/c1-18(12-6-9-2-3-10(7-12)17-9)15(20)13-8-11(19(21)22)4-5-14(13)16;/h4-5,8-10,12,17H,2-3,6-7,16H2,1H3;1H. The van der Waals surface area contributed by atoms with Crippen LogP contribution in [0.1, 0.15) is 36.0 Å². The van der Waals surface area contributed by atoms with E-state index in [0.29, 0.717) is 12.1 Å². The van der Waals surface area contributed by atoms with E-state index in [-0.39, 0.29) is 41.3 Å². The van der Waals surface area contributed by atoms with Gasteiger partial charge in [0.25, 0.3) is 11.6 Å². The molecule has 1 amide bonds. The van der Waals surface area contributed by atoms with Crippen LogP contribution < -0.4 is 11.1 Å². The number of amides is 1. The Morgan fingerprint density at radius 1 is 1.35 bits per heavy atom. The molecule has 7 nitrogen and oxygen atoms in total. The average molecular weight is 341 g/mol. The highest BCUT2D eigenvalue weighted by Gasteiger charge is 2.36. The maximum absolute atomic E-state index is 12.7. The number of halogens is 1. The molecule has 2 fully saturated rings. The minimum absolute atomic E-state index is 0. The second-order valence-electron chi connectivity index (χ2n) is 6.21. The van der Waals surface area contributed by atoms with Gasteiger partial charge in [-0.1, -0.05) is 0 Å². The molecule has 2 unspecified atom stereocenters. The molecule has 126 valence electrons. The van der Waals surface area contributed by atoms with Crippen LogP contribution in [-0.2, 0) is 0 Å². The van der Waals surface area contributed by atoms with Crippen molar-refractivity contribution in [2.24, 2.45) is 0 Å². The number of hydrogen-bond acceptors (Lipinski definition) is 5. The van der Waals surface area contributed by atoms with E-state index in [0.717, 1.165) is 25.7 Å². The number of anilines is 1. The van der Waals surface area contributed by atoms with Crippen molar-refractivity contribution in [2.45, 2.75) is 43.8 Å². The first-order valence-corrected chi connectivity index (χ1v) is 7.53. The van der Waals surface area contributed by atoms with Crippen molar-refractivity contribution in [3.63, 3.8) is 0 Å². The molecule has 3 N–H and O–H groups in total. The predicted octanol–water partition coefficient (Wildman–Crippen LogP) is 1.95. The molecule has 8 heteroatoms. The summed E-state index contributed by atoms with van der Waals surface area (Å²) in [6, 6.07) is 5.11. The van der Waals surface area contributed by atoms with Crippen molar-refractivity contribution in [3.05, 3.63) is 33.9 Å². The van der Waals surface area contributed by atoms with E-state index in [9.17, 15) is 14.9 Å². The monoisotopic (exact) mass is 340 g/mol. The van der Waals surface area contributed by atoms with E-state index in [1.54, 1.807) is 11.9 Å². The number of nitrogens with two attached hydrogens (primary N) is 1. The zero-order valence-electron chi connectivity index (χ0n) is 12.9. The van der Waals surface area contributed by atoms with E-state index in [1.807, 2.05) is 0 Å². The maximum atomic E-state index is 12.7. The number of nitrogens with one attached hydrogen (secondary N) is 1. The Hall–Kier alpha value is -1.86. The summed E-state index contributed by atoms with van der Waals surface area (Å²) in [4.78, 5) is 24.7. The van der Waals surface area contributed by atoms with Crippen molar-refractivity contribution in [2.75, 3.05) is 12.8 Å². The van der Waals surface area contributed by atoms with E-state index in [4.69, 9.17) is 5.73 Å². The number of nitro benzene ring substituents is 1. The number of nitro groups is 1. The van der Waals surface area contributed by atoms with Crippen LogP contribution >= 0.6 is 12.4 Å². The summed E-state index contributed by atoms with van der Waals surface area (Å²) >= 11 is 0. The fourth-order valence-corrected chi connectivity index (χ4v) is 3.54. The first-order valence-electron chi connectivity index (χ1n) is 7.53. The third-order valence-corrected chi connectivity index (χ3v) is 4.79. The molecular formula is C15H21ClN4O3. The summed E-state index contributed by atoms with van der Waals surface area (Å²) in [5.74, 6) is -0.243. The van der Waals surface area contributed by atoms with Gasteiger partial charge in [0.15, 0.2) is 0 Å². The lowest BCUT2D eigenvalue weighted by atomic mass is 9.97. The van der Waals surface area contributed by atoms with Crippen LogP contribution in [0.15, 0.2) is 18.2 Å². The van der Waals surface area contributed by atoms with Crippen molar-refractivity contribution in [1.82, 2.24) is 10.2 Å². The Kier molecular flexibility index (Phi) is 5.11. The number of non-ortho nitro benzene ring substituents is 1. The van der Waals surface area contributed by atoms with E-state index in [1.165, 1.54) is 18.2 Å². The number of carbonyl (C=O) groups excluding carboxylic acids is 1. The number of nitrogens with zero attached hydrogens (tertiary/aromatic N) is 2. The fourth-order valence-electron chi connectivity index (χ4n) is 3.54. The van der Waals surface area contributed by atoms with Gasteiger partial charge in [-0.05, 0) is 31.7 Å². The highest BCUT2D eigenvalue weighted by molar-refractivity contribution is 5.99. The first-order chi connectivity index (χ1) is 10.5. The fraction of sp³-hybridized carbons (Fsp3) is 0.533. The van der Waals surface area contributed by atoms with Gasteiger partial charge in [-0.2, -0.15) is 0 Å². The molecule has 2 atom stereocenters. The van der Waals surface area contributed by atoms with Crippen LogP contribution in [0, 0.1) is 10.1 Å². The molecule has 1 aromatic rings. The second kappa shape index (κ2) is 6.72. The molecule has 0 saturated carbocycles. The summed E-state index contributed by atoms with van der Waals surface area (Å²) in [5, 5.41) is 14.4. The smallest absolute Gasteiger partial charge is 0.270 e. The minimum atomic E-state index is -0.513. The van der Waals surface area contributed by atoms with Gasteiger partial charge >= 0.3 is 0 Å². The summed E-state index contributed by atoms with van der Waals surface area (Å²) < 4.78 is 0. The van der Waals surface area contributed by atoms with Gasteiger partial charge in [0.1, 0.15) is 0 Å². The largest absolute Gasteiger partial charge is 0.398 e. The quantitative estimate of drug-likeness (QED) is 0.497. The number of piperidine rings is 1. The van der Waals surface area contributed by atoms with Crippen LogP contribution in [0.4, 0.5) is 11.4 Å². The van der Waals surface area contributed by atoms with Crippen LogP contribution in [0.5, 0.6) is 0 Å². The number of benzene rings is 1. The van der Waals surface area contributed by atoms with Crippen molar-refractivity contribution >= 4 is 29.7 Å². The number of hydrogen-bond donors (Lipinski definition) is 2. The molecular weight excluding hydrogens is 320 g/mol. The molecule has 0 spiro atoms. The van der Waals surface area contributed by atoms with Gasteiger partial charge in [-0.15, -0.1) is 12.4 Å². The number of fused-ring (bicyclic) bond motifs is 2. The van der Waals surface area contributed by atoms with Crippen LogP contribution in [0.2, 0.25) is 0 Å². The van der Waals surface area contributed by atoms with Gasteiger partial charge in [-0.25, -0.2) is 0 Å². The molecule has 23 heavy (non-hydrogen) atoms. The second-order valence-corrected chi connectivity index (χ2v) is 6.21. The topological polar surface area (TPSA) is 102 Å². The zero-order valence-corrected chi connectivity index (χ0v) is 13.7. The summed E-state index contributed by atoms with van der Waals surface area (Å²) in [6.07, 6.45) is 4.16. The summed E-state index contributed by atoms with van der Waals surface area (Å²) in [6.45, 7) is 0. The highest BCUT2D eigenvalue weighted by Crippen LogP contribution is 2.30. The lowest BCUT2D eigenvalue weighted by Gasteiger charge is -2.35. The molecule has 3 rings (SSSR count). The van der Waals surface area contributed by atoms with Gasteiger partial charge in [0, 0.05) is 43.0 Å². The molecule has 0 aromatic heterocycles. The first kappa shape index (κ1) is 17.5. The third-order valence-electron chi connectivity index (χ3n) is 4.79. The van der Waals surface area contributed by atoms with Gasteiger partial charge < -0.3 is 16.0 Å². The van der Waals surface area contributed by atoms with Crippen molar-refractivity contribution in [3.8, 4) is 0 Å². The van der Waals surface area contributed by atoms with E-state index >= 15 is 0 Å². The highest BCUT2D eigenvalue weighted by atomic mass is 35.5. The Morgan fingerprint density at radius 3 is 2.52 bits per heavy atom. The maximum Gasteiger partial charge on any atom is 0.270 e.